The Bertz CT molecular complexity index is 296. The van der Waals surface area contributed by atoms with Crippen molar-refractivity contribution in [1.29, 1.82) is 0 Å². The van der Waals surface area contributed by atoms with Crippen LogP contribution in [-0.4, -0.2) is 12.7 Å². The Balaban J connectivity index is 1.79. The molecule has 0 bridgehead atoms. The molecule has 1 atom stereocenters. The number of allylic oxidation sites excluding steroid dienone is 1. The molecule has 1 unspecified atom stereocenters. The SMILES string of the molecule is C(=C\C1CCCCO1)/Cc1ccccc1. The van der Waals surface area contributed by atoms with Crippen molar-refractivity contribution in [3.63, 3.8) is 0 Å². The van der Waals surface area contributed by atoms with Crippen LogP contribution in [0.25, 0.3) is 0 Å². The van der Waals surface area contributed by atoms with Crippen LogP contribution in [0.2, 0.25) is 0 Å². The molecule has 1 fully saturated rings. The molecule has 0 aromatic heterocycles. The third-order valence-electron chi connectivity index (χ3n) is 2.76. The maximum atomic E-state index is 5.63. The van der Waals surface area contributed by atoms with Gasteiger partial charge in [-0.2, -0.15) is 0 Å². The number of rotatable bonds is 3. The molecule has 1 aromatic rings. The molecule has 1 saturated heterocycles. The quantitative estimate of drug-likeness (QED) is 0.683. The lowest BCUT2D eigenvalue weighted by Gasteiger charge is -2.19. The fourth-order valence-corrected chi connectivity index (χ4v) is 1.89. The van der Waals surface area contributed by atoms with Crippen LogP contribution in [0.3, 0.4) is 0 Å². The molecule has 15 heavy (non-hydrogen) atoms. The maximum Gasteiger partial charge on any atom is 0.0755 e. The Morgan fingerprint density at radius 2 is 2.07 bits per heavy atom. The molecular formula is C14H18O. The zero-order chi connectivity index (χ0) is 10.3. The summed E-state index contributed by atoms with van der Waals surface area (Å²) >= 11 is 0. The molecule has 1 heteroatoms. The second-order valence-electron chi connectivity index (χ2n) is 4.02. The average molecular weight is 202 g/mol. The van der Waals surface area contributed by atoms with Gasteiger partial charge < -0.3 is 4.74 Å². The van der Waals surface area contributed by atoms with Gasteiger partial charge >= 0.3 is 0 Å². The second-order valence-corrected chi connectivity index (χ2v) is 4.02. The van der Waals surface area contributed by atoms with E-state index in [1.165, 1.54) is 24.8 Å². The molecule has 0 amide bonds. The lowest BCUT2D eigenvalue weighted by molar-refractivity contribution is 0.0465. The highest BCUT2D eigenvalue weighted by molar-refractivity contribution is 5.17. The normalized spacial score (nSPS) is 22.0. The highest BCUT2D eigenvalue weighted by Crippen LogP contribution is 2.13. The van der Waals surface area contributed by atoms with Crippen LogP contribution < -0.4 is 0 Å². The molecule has 1 aliphatic rings. The molecule has 0 radical (unpaired) electrons. The van der Waals surface area contributed by atoms with E-state index in [1.807, 2.05) is 0 Å². The van der Waals surface area contributed by atoms with E-state index in [0.717, 1.165) is 13.0 Å². The van der Waals surface area contributed by atoms with E-state index in [2.05, 4.69) is 42.5 Å². The first-order valence-electron chi connectivity index (χ1n) is 5.77. The van der Waals surface area contributed by atoms with Crippen LogP contribution in [-0.2, 0) is 11.2 Å². The van der Waals surface area contributed by atoms with Gasteiger partial charge in [0.2, 0.25) is 0 Å². The van der Waals surface area contributed by atoms with E-state index in [-0.39, 0.29) is 0 Å². The standard InChI is InChI=1S/C14H18O/c1-2-7-13(8-3-1)9-6-11-14-10-4-5-12-15-14/h1-3,6-8,11,14H,4-5,9-10,12H2/b11-6+. The fourth-order valence-electron chi connectivity index (χ4n) is 1.89. The number of ether oxygens (including phenoxy) is 1. The summed E-state index contributed by atoms with van der Waals surface area (Å²) in [5, 5.41) is 0. The summed E-state index contributed by atoms with van der Waals surface area (Å²) in [5.74, 6) is 0. The van der Waals surface area contributed by atoms with Crippen LogP contribution in [0.4, 0.5) is 0 Å². The van der Waals surface area contributed by atoms with Gasteiger partial charge in [0.25, 0.3) is 0 Å². The highest BCUT2D eigenvalue weighted by Gasteiger charge is 2.09. The molecule has 0 aliphatic carbocycles. The Hall–Kier alpha value is -1.08. The third-order valence-corrected chi connectivity index (χ3v) is 2.76. The summed E-state index contributed by atoms with van der Waals surface area (Å²) in [6, 6.07) is 10.5. The van der Waals surface area contributed by atoms with Crippen LogP contribution in [0, 0.1) is 0 Å². The largest absolute Gasteiger partial charge is 0.374 e. The van der Waals surface area contributed by atoms with Gasteiger partial charge in [-0.3, -0.25) is 0 Å². The minimum Gasteiger partial charge on any atom is -0.374 e. The van der Waals surface area contributed by atoms with Crippen molar-refractivity contribution < 1.29 is 4.74 Å². The molecule has 1 heterocycles. The zero-order valence-corrected chi connectivity index (χ0v) is 9.06. The van der Waals surface area contributed by atoms with E-state index in [9.17, 15) is 0 Å². The predicted molar refractivity (Wildman–Crippen MR) is 62.9 cm³/mol. The molecule has 2 rings (SSSR count). The number of benzene rings is 1. The average Bonchev–Trinajstić information content (AvgIpc) is 2.32. The van der Waals surface area contributed by atoms with E-state index in [4.69, 9.17) is 4.74 Å². The summed E-state index contributed by atoms with van der Waals surface area (Å²) in [7, 11) is 0. The van der Waals surface area contributed by atoms with Gasteiger partial charge in [-0.25, -0.2) is 0 Å². The van der Waals surface area contributed by atoms with Crippen LogP contribution >= 0.6 is 0 Å². The summed E-state index contributed by atoms with van der Waals surface area (Å²) in [5.41, 5.74) is 1.37. The van der Waals surface area contributed by atoms with Crippen LogP contribution in [0.15, 0.2) is 42.5 Å². The van der Waals surface area contributed by atoms with E-state index in [0.29, 0.717) is 6.10 Å². The molecule has 1 aromatic carbocycles. The first-order valence-corrected chi connectivity index (χ1v) is 5.77. The number of hydrogen-bond acceptors (Lipinski definition) is 1. The lowest BCUT2D eigenvalue weighted by atomic mass is 10.1. The van der Waals surface area contributed by atoms with Crippen molar-refractivity contribution in [3.8, 4) is 0 Å². The second kappa shape index (κ2) is 5.72. The monoisotopic (exact) mass is 202 g/mol. The van der Waals surface area contributed by atoms with Gasteiger partial charge in [0.05, 0.1) is 6.10 Å². The summed E-state index contributed by atoms with van der Waals surface area (Å²) in [4.78, 5) is 0. The van der Waals surface area contributed by atoms with Gasteiger partial charge in [-0.15, -0.1) is 0 Å². The molecule has 80 valence electrons. The van der Waals surface area contributed by atoms with Crippen molar-refractivity contribution in [1.82, 2.24) is 0 Å². The molecular weight excluding hydrogens is 184 g/mol. The Kier molecular flexibility index (Phi) is 3.98. The first kappa shape index (κ1) is 10.4. The van der Waals surface area contributed by atoms with Crippen molar-refractivity contribution in [2.45, 2.75) is 31.8 Å². The molecule has 1 aliphatic heterocycles. The van der Waals surface area contributed by atoms with Crippen LogP contribution in [0.5, 0.6) is 0 Å². The van der Waals surface area contributed by atoms with Crippen LogP contribution in [0.1, 0.15) is 24.8 Å². The molecule has 0 N–H and O–H groups in total. The summed E-state index contributed by atoms with van der Waals surface area (Å²) in [6.45, 7) is 0.931. The lowest BCUT2D eigenvalue weighted by Crippen LogP contribution is -2.16. The fraction of sp³-hybridized carbons (Fsp3) is 0.429. The minimum atomic E-state index is 0.363. The van der Waals surface area contributed by atoms with Gasteiger partial charge in [-0.05, 0) is 31.2 Å². The van der Waals surface area contributed by atoms with E-state index < -0.39 is 0 Å². The van der Waals surface area contributed by atoms with Gasteiger partial charge in [0, 0.05) is 6.61 Å². The number of hydrogen-bond donors (Lipinski definition) is 0. The maximum absolute atomic E-state index is 5.63. The smallest absolute Gasteiger partial charge is 0.0755 e. The van der Waals surface area contributed by atoms with Crippen molar-refractivity contribution in [2.24, 2.45) is 0 Å². The van der Waals surface area contributed by atoms with E-state index in [1.54, 1.807) is 0 Å². The van der Waals surface area contributed by atoms with Gasteiger partial charge in [0.1, 0.15) is 0 Å². The molecule has 0 spiro atoms. The van der Waals surface area contributed by atoms with Crippen molar-refractivity contribution in [2.75, 3.05) is 6.61 Å². The Morgan fingerprint density at radius 3 is 2.80 bits per heavy atom. The topological polar surface area (TPSA) is 9.23 Å². The van der Waals surface area contributed by atoms with Gasteiger partial charge in [-0.1, -0.05) is 42.5 Å². The Labute approximate surface area is 91.8 Å². The summed E-state index contributed by atoms with van der Waals surface area (Å²) < 4.78 is 5.63. The Morgan fingerprint density at radius 1 is 1.20 bits per heavy atom. The van der Waals surface area contributed by atoms with Gasteiger partial charge in [0.15, 0.2) is 0 Å². The first-order chi connectivity index (χ1) is 7.45. The predicted octanol–water partition coefficient (Wildman–Crippen LogP) is 3.35. The third kappa shape index (κ3) is 3.52. The molecule has 1 nitrogen and oxygen atoms in total. The molecule has 0 saturated carbocycles. The minimum absolute atomic E-state index is 0.363. The van der Waals surface area contributed by atoms with Crippen molar-refractivity contribution in [3.05, 3.63) is 48.0 Å². The van der Waals surface area contributed by atoms with E-state index >= 15 is 0 Å². The van der Waals surface area contributed by atoms with Crippen molar-refractivity contribution >= 4 is 0 Å². The summed E-state index contributed by atoms with van der Waals surface area (Å²) in [6.07, 6.45) is 9.54. The highest BCUT2D eigenvalue weighted by atomic mass is 16.5. The zero-order valence-electron chi connectivity index (χ0n) is 9.06.